The molecule has 2 N–H and O–H groups in total. The summed E-state index contributed by atoms with van der Waals surface area (Å²) in [6.07, 6.45) is 2.39. The van der Waals surface area contributed by atoms with Gasteiger partial charge in [0.1, 0.15) is 5.54 Å². The molecule has 0 aromatic heterocycles. The monoisotopic (exact) mass is 242 g/mol. The van der Waals surface area contributed by atoms with Crippen molar-refractivity contribution < 1.29 is 9.90 Å². The molecule has 0 amide bonds. The minimum absolute atomic E-state index is 0.203. The molecule has 0 bridgehead atoms. The van der Waals surface area contributed by atoms with E-state index in [-0.39, 0.29) is 6.04 Å². The maximum Gasteiger partial charge on any atom is 0.323 e. The summed E-state index contributed by atoms with van der Waals surface area (Å²) >= 11 is 0. The first-order chi connectivity index (χ1) is 7.78. The third kappa shape index (κ3) is 3.19. The van der Waals surface area contributed by atoms with E-state index in [0.29, 0.717) is 18.5 Å². The lowest BCUT2D eigenvalue weighted by Crippen LogP contribution is -2.54. The van der Waals surface area contributed by atoms with Gasteiger partial charge in [-0.15, -0.1) is 0 Å². The number of nitrogens with zero attached hydrogens (tertiary/aromatic N) is 1. The van der Waals surface area contributed by atoms with Crippen LogP contribution in [-0.2, 0) is 4.79 Å². The highest BCUT2D eigenvalue weighted by Gasteiger charge is 2.46. The van der Waals surface area contributed by atoms with Gasteiger partial charge in [0.15, 0.2) is 0 Å². The van der Waals surface area contributed by atoms with Crippen molar-refractivity contribution in [1.82, 2.24) is 10.2 Å². The summed E-state index contributed by atoms with van der Waals surface area (Å²) in [5.41, 5.74) is -0.720. The molecule has 0 aromatic rings. The van der Waals surface area contributed by atoms with Crippen molar-refractivity contribution in [3.8, 4) is 0 Å². The first-order valence-electron chi connectivity index (χ1n) is 6.51. The summed E-state index contributed by atoms with van der Waals surface area (Å²) in [7, 11) is 2.09. The van der Waals surface area contributed by atoms with Gasteiger partial charge in [0.25, 0.3) is 0 Å². The molecule has 0 heterocycles. The molecule has 2 unspecified atom stereocenters. The van der Waals surface area contributed by atoms with Crippen LogP contribution in [-0.4, -0.2) is 46.7 Å². The van der Waals surface area contributed by atoms with E-state index >= 15 is 0 Å². The van der Waals surface area contributed by atoms with Crippen molar-refractivity contribution >= 4 is 5.97 Å². The van der Waals surface area contributed by atoms with Crippen molar-refractivity contribution in [2.24, 2.45) is 0 Å². The van der Waals surface area contributed by atoms with Crippen LogP contribution >= 0.6 is 0 Å². The summed E-state index contributed by atoms with van der Waals surface area (Å²) in [4.78, 5) is 13.8. The maximum absolute atomic E-state index is 11.5. The third-order valence-electron chi connectivity index (χ3n) is 3.85. The summed E-state index contributed by atoms with van der Waals surface area (Å²) in [5.74, 6) is -0.703. The Balaban J connectivity index is 2.75. The molecule has 2 atom stereocenters. The minimum atomic E-state index is -0.720. The highest BCUT2D eigenvalue weighted by atomic mass is 16.4. The number of hydrogen-bond acceptors (Lipinski definition) is 3. The second-order valence-corrected chi connectivity index (χ2v) is 5.84. The van der Waals surface area contributed by atoms with Crippen molar-refractivity contribution in [3.63, 3.8) is 0 Å². The zero-order valence-electron chi connectivity index (χ0n) is 11.7. The molecule has 1 fully saturated rings. The number of hydrogen-bond donors (Lipinski definition) is 2. The van der Waals surface area contributed by atoms with E-state index in [1.54, 1.807) is 0 Å². The van der Waals surface area contributed by atoms with Crippen LogP contribution in [0.1, 0.15) is 47.0 Å². The molecule has 0 saturated heterocycles. The smallest absolute Gasteiger partial charge is 0.323 e. The predicted octanol–water partition coefficient (Wildman–Crippen LogP) is 1.70. The molecule has 1 aliphatic carbocycles. The third-order valence-corrected chi connectivity index (χ3v) is 3.85. The Morgan fingerprint density at radius 3 is 2.41 bits per heavy atom. The molecule has 4 heteroatoms. The Labute approximate surface area is 104 Å². The molecule has 0 aliphatic heterocycles. The highest BCUT2D eigenvalue weighted by Crippen LogP contribution is 2.34. The fourth-order valence-corrected chi connectivity index (χ4v) is 2.73. The summed E-state index contributed by atoms with van der Waals surface area (Å²) in [6, 6.07) is 1.04. The number of carbonyl (C=O) groups is 1. The quantitative estimate of drug-likeness (QED) is 0.770. The Bertz CT molecular complexity index is 279. The molecule has 4 nitrogen and oxygen atoms in total. The fourth-order valence-electron chi connectivity index (χ4n) is 2.73. The summed E-state index contributed by atoms with van der Waals surface area (Å²) in [6.45, 7) is 8.31. The predicted molar refractivity (Wildman–Crippen MR) is 69.2 cm³/mol. The number of aliphatic carboxylic acids is 1. The van der Waals surface area contributed by atoms with Crippen molar-refractivity contribution in [2.75, 3.05) is 7.05 Å². The van der Waals surface area contributed by atoms with E-state index in [2.05, 4.69) is 31.1 Å². The Kier molecular flexibility index (Phi) is 4.55. The summed E-state index contributed by atoms with van der Waals surface area (Å²) in [5, 5.41) is 12.7. The van der Waals surface area contributed by atoms with Crippen LogP contribution in [0.2, 0.25) is 0 Å². The Morgan fingerprint density at radius 1 is 1.41 bits per heavy atom. The molecule has 0 aromatic carbocycles. The SMILES string of the molecule is CC(C)NC1(C(=O)O)CCC(N(C)C(C)C)C1. The number of nitrogens with one attached hydrogen (secondary N) is 1. The van der Waals surface area contributed by atoms with Crippen LogP contribution in [0.3, 0.4) is 0 Å². The van der Waals surface area contributed by atoms with Crippen LogP contribution in [0.25, 0.3) is 0 Å². The number of carboxylic acids is 1. The molecule has 0 spiro atoms. The van der Waals surface area contributed by atoms with E-state index in [1.807, 2.05) is 13.8 Å². The van der Waals surface area contributed by atoms with Gasteiger partial charge in [0.05, 0.1) is 0 Å². The van der Waals surface area contributed by atoms with Gasteiger partial charge < -0.3 is 10.0 Å². The van der Waals surface area contributed by atoms with Crippen molar-refractivity contribution in [2.45, 2.75) is 70.6 Å². The van der Waals surface area contributed by atoms with Gasteiger partial charge in [-0.2, -0.15) is 0 Å². The lowest BCUT2D eigenvalue weighted by atomic mass is 9.96. The fraction of sp³-hybridized carbons (Fsp3) is 0.923. The van der Waals surface area contributed by atoms with Crippen LogP contribution in [0, 0.1) is 0 Å². The van der Waals surface area contributed by atoms with Crippen LogP contribution < -0.4 is 5.32 Å². The highest BCUT2D eigenvalue weighted by molar-refractivity contribution is 5.79. The molecule has 0 radical (unpaired) electrons. The van der Waals surface area contributed by atoms with Gasteiger partial charge in [0.2, 0.25) is 0 Å². The molecule has 1 rings (SSSR count). The van der Waals surface area contributed by atoms with Crippen LogP contribution in [0.5, 0.6) is 0 Å². The Morgan fingerprint density at radius 2 is 2.00 bits per heavy atom. The molecule has 1 aliphatic rings. The molecule has 17 heavy (non-hydrogen) atoms. The Hall–Kier alpha value is -0.610. The largest absolute Gasteiger partial charge is 0.480 e. The molecular weight excluding hydrogens is 216 g/mol. The lowest BCUT2D eigenvalue weighted by molar-refractivity contribution is -0.145. The standard InChI is InChI=1S/C13H26N2O2/c1-9(2)14-13(12(16)17)7-6-11(8-13)15(5)10(3)4/h9-11,14H,6-8H2,1-5H3,(H,16,17). The first-order valence-corrected chi connectivity index (χ1v) is 6.51. The lowest BCUT2D eigenvalue weighted by Gasteiger charge is -2.32. The van der Waals surface area contributed by atoms with Gasteiger partial charge in [-0.3, -0.25) is 10.1 Å². The zero-order chi connectivity index (χ0) is 13.2. The van der Waals surface area contributed by atoms with E-state index in [9.17, 15) is 9.90 Å². The van der Waals surface area contributed by atoms with Gasteiger partial charge in [0, 0.05) is 18.1 Å². The van der Waals surface area contributed by atoms with Crippen LogP contribution in [0.15, 0.2) is 0 Å². The average molecular weight is 242 g/mol. The topological polar surface area (TPSA) is 52.6 Å². The molecule has 100 valence electrons. The second-order valence-electron chi connectivity index (χ2n) is 5.84. The summed E-state index contributed by atoms with van der Waals surface area (Å²) < 4.78 is 0. The van der Waals surface area contributed by atoms with E-state index in [4.69, 9.17) is 0 Å². The van der Waals surface area contributed by atoms with Gasteiger partial charge in [-0.1, -0.05) is 0 Å². The van der Waals surface area contributed by atoms with Gasteiger partial charge >= 0.3 is 5.97 Å². The average Bonchev–Trinajstić information content (AvgIpc) is 2.61. The van der Waals surface area contributed by atoms with Crippen molar-refractivity contribution in [3.05, 3.63) is 0 Å². The molecular formula is C13H26N2O2. The van der Waals surface area contributed by atoms with E-state index in [1.165, 1.54) is 0 Å². The zero-order valence-corrected chi connectivity index (χ0v) is 11.7. The van der Waals surface area contributed by atoms with E-state index < -0.39 is 11.5 Å². The minimum Gasteiger partial charge on any atom is -0.480 e. The van der Waals surface area contributed by atoms with Crippen molar-refractivity contribution in [1.29, 1.82) is 0 Å². The van der Waals surface area contributed by atoms with Gasteiger partial charge in [-0.05, 0) is 54.0 Å². The van der Waals surface area contributed by atoms with Crippen LogP contribution in [0.4, 0.5) is 0 Å². The normalized spacial score (nSPS) is 29.5. The number of rotatable bonds is 5. The van der Waals surface area contributed by atoms with E-state index in [0.717, 1.165) is 12.8 Å². The maximum atomic E-state index is 11.5. The number of carboxylic acid groups (broad SMARTS) is 1. The first kappa shape index (κ1) is 14.5. The molecule has 1 saturated carbocycles. The van der Waals surface area contributed by atoms with Gasteiger partial charge in [-0.25, -0.2) is 0 Å². The second kappa shape index (κ2) is 5.36.